The van der Waals surface area contributed by atoms with E-state index in [4.69, 9.17) is 0 Å². The van der Waals surface area contributed by atoms with Gasteiger partial charge in [0.25, 0.3) is 0 Å². The third-order valence-corrected chi connectivity index (χ3v) is 3.15. The predicted molar refractivity (Wildman–Crippen MR) is 60.1 cm³/mol. The molecule has 0 spiro atoms. The van der Waals surface area contributed by atoms with Crippen molar-refractivity contribution >= 4 is 16.5 Å². The Labute approximate surface area is 92.2 Å². The Morgan fingerprint density at radius 3 is 2.93 bits per heavy atom. The van der Waals surface area contributed by atoms with Crippen molar-refractivity contribution in [3.63, 3.8) is 0 Å². The van der Waals surface area contributed by atoms with Crippen molar-refractivity contribution in [1.29, 1.82) is 0 Å². The van der Waals surface area contributed by atoms with Crippen LogP contribution in [0.15, 0.2) is 12.4 Å². The van der Waals surface area contributed by atoms with Gasteiger partial charge in [-0.25, -0.2) is 4.98 Å². The molecule has 2 aromatic heterocycles. The zero-order chi connectivity index (χ0) is 10.7. The molecule has 0 bridgehead atoms. The van der Waals surface area contributed by atoms with Crippen LogP contribution in [0.5, 0.6) is 0 Å². The van der Waals surface area contributed by atoms with Crippen molar-refractivity contribution in [1.82, 2.24) is 20.0 Å². The zero-order valence-corrected chi connectivity index (χ0v) is 9.58. The molecular weight excluding hydrogens is 210 g/mol. The third kappa shape index (κ3) is 2.53. The normalized spacial score (nSPS) is 10.5. The summed E-state index contributed by atoms with van der Waals surface area (Å²) in [5, 5.41) is 11.9. The molecule has 0 aliphatic carbocycles. The van der Waals surface area contributed by atoms with Crippen LogP contribution in [-0.2, 0) is 6.54 Å². The number of nitrogens with zero attached hydrogens (tertiary/aromatic N) is 4. The van der Waals surface area contributed by atoms with E-state index in [1.165, 1.54) is 4.88 Å². The highest BCUT2D eigenvalue weighted by molar-refractivity contribution is 7.15. The molecule has 0 aliphatic rings. The van der Waals surface area contributed by atoms with Crippen LogP contribution >= 0.6 is 11.3 Å². The van der Waals surface area contributed by atoms with Crippen LogP contribution in [0, 0.1) is 13.8 Å². The van der Waals surface area contributed by atoms with Gasteiger partial charge in [0.15, 0.2) is 5.13 Å². The van der Waals surface area contributed by atoms with Gasteiger partial charge < -0.3 is 5.32 Å². The fraction of sp³-hybridized carbons (Fsp3) is 0.444. The fourth-order valence-electron chi connectivity index (χ4n) is 1.18. The highest BCUT2D eigenvalue weighted by atomic mass is 32.1. The van der Waals surface area contributed by atoms with Gasteiger partial charge >= 0.3 is 0 Å². The molecule has 1 N–H and O–H groups in total. The minimum absolute atomic E-state index is 0.803. The van der Waals surface area contributed by atoms with Gasteiger partial charge in [-0.2, -0.15) is 0 Å². The highest BCUT2D eigenvalue weighted by Gasteiger charge is 2.02. The van der Waals surface area contributed by atoms with Crippen LogP contribution in [0.3, 0.4) is 0 Å². The molecule has 0 saturated heterocycles. The second-order valence-corrected chi connectivity index (χ2v) is 4.46. The SMILES string of the molecule is Cc1nc(NCCn2ccnn2)sc1C. The van der Waals surface area contributed by atoms with Crippen LogP contribution in [-0.4, -0.2) is 26.5 Å². The summed E-state index contributed by atoms with van der Waals surface area (Å²) in [5.41, 5.74) is 1.10. The van der Waals surface area contributed by atoms with E-state index in [-0.39, 0.29) is 0 Å². The van der Waals surface area contributed by atoms with Gasteiger partial charge in [0.1, 0.15) is 0 Å². The van der Waals surface area contributed by atoms with Crippen LogP contribution < -0.4 is 5.32 Å². The first kappa shape index (κ1) is 10.1. The monoisotopic (exact) mass is 223 g/mol. The lowest BCUT2D eigenvalue weighted by Gasteiger charge is -2.01. The summed E-state index contributed by atoms with van der Waals surface area (Å²) in [6.45, 7) is 5.72. The van der Waals surface area contributed by atoms with Gasteiger partial charge in [0.05, 0.1) is 18.4 Å². The van der Waals surface area contributed by atoms with Crippen LogP contribution in [0.2, 0.25) is 0 Å². The van der Waals surface area contributed by atoms with Crippen molar-refractivity contribution < 1.29 is 0 Å². The number of aryl methyl sites for hydroxylation is 2. The average molecular weight is 223 g/mol. The first-order chi connectivity index (χ1) is 7.25. The van der Waals surface area contributed by atoms with Gasteiger partial charge in [-0.15, -0.1) is 16.4 Å². The smallest absolute Gasteiger partial charge is 0.183 e. The van der Waals surface area contributed by atoms with Gasteiger partial charge in [-0.3, -0.25) is 4.68 Å². The lowest BCUT2D eigenvalue weighted by molar-refractivity contribution is 0.608. The molecule has 0 unspecified atom stereocenters. The minimum atomic E-state index is 0.803. The quantitative estimate of drug-likeness (QED) is 0.852. The number of hydrogen-bond donors (Lipinski definition) is 1. The van der Waals surface area contributed by atoms with E-state index >= 15 is 0 Å². The summed E-state index contributed by atoms with van der Waals surface area (Å²) in [5.74, 6) is 0. The first-order valence-corrected chi connectivity index (χ1v) is 5.59. The molecule has 2 heterocycles. The Bertz CT molecular complexity index is 400. The van der Waals surface area contributed by atoms with Crippen molar-refractivity contribution in [3.8, 4) is 0 Å². The maximum Gasteiger partial charge on any atom is 0.183 e. The molecule has 80 valence electrons. The largest absolute Gasteiger partial charge is 0.360 e. The molecule has 0 fully saturated rings. The Morgan fingerprint density at radius 1 is 1.47 bits per heavy atom. The molecule has 2 aromatic rings. The molecule has 5 nitrogen and oxygen atoms in total. The third-order valence-electron chi connectivity index (χ3n) is 2.12. The average Bonchev–Trinajstić information content (AvgIpc) is 2.79. The number of anilines is 1. The minimum Gasteiger partial charge on any atom is -0.360 e. The van der Waals surface area contributed by atoms with Crippen LogP contribution in [0.25, 0.3) is 0 Å². The van der Waals surface area contributed by atoms with Gasteiger partial charge in [-0.1, -0.05) is 5.21 Å². The molecule has 0 aromatic carbocycles. The first-order valence-electron chi connectivity index (χ1n) is 4.77. The van der Waals surface area contributed by atoms with Gasteiger partial charge in [0, 0.05) is 17.6 Å². The molecular formula is C9H13N5S. The number of rotatable bonds is 4. The summed E-state index contributed by atoms with van der Waals surface area (Å²) in [7, 11) is 0. The maximum absolute atomic E-state index is 4.39. The summed E-state index contributed by atoms with van der Waals surface area (Å²) < 4.78 is 1.79. The molecule has 2 rings (SSSR count). The molecule has 0 saturated carbocycles. The number of thiazole rings is 1. The van der Waals surface area contributed by atoms with Crippen LogP contribution in [0.4, 0.5) is 5.13 Å². The fourth-order valence-corrected chi connectivity index (χ4v) is 2.02. The second-order valence-electron chi connectivity index (χ2n) is 3.25. The van der Waals surface area contributed by atoms with E-state index in [1.54, 1.807) is 22.2 Å². The highest BCUT2D eigenvalue weighted by Crippen LogP contribution is 2.20. The van der Waals surface area contributed by atoms with Crippen molar-refractivity contribution in [3.05, 3.63) is 23.0 Å². The van der Waals surface area contributed by atoms with Gasteiger partial charge in [0.2, 0.25) is 0 Å². The summed E-state index contributed by atoms with van der Waals surface area (Å²) in [6, 6.07) is 0. The van der Waals surface area contributed by atoms with Crippen LogP contribution in [0.1, 0.15) is 10.6 Å². The standard InChI is InChI=1S/C9H13N5S/c1-7-8(2)15-9(12-7)10-3-5-14-6-4-11-13-14/h4,6H,3,5H2,1-2H3,(H,10,12). The van der Waals surface area contributed by atoms with E-state index in [0.717, 1.165) is 23.9 Å². The lowest BCUT2D eigenvalue weighted by Crippen LogP contribution is -2.10. The van der Waals surface area contributed by atoms with E-state index in [1.807, 2.05) is 13.1 Å². The predicted octanol–water partition coefficient (Wildman–Crippen LogP) is 1.46. The second kappa shape index (κ2) is 4.39. The van der Waals surface area contributed by atoms with E-state index in [9.17, 15) is 0 Å². The Balaban J connectivity index is 1.83. The number of nitrogens with one attached hydrogen (secondary N) is 1. The molecule has 0 radical (unpaired) electrons. The molecule has 0 atom stereocenters. The van der Waals surface area contributed by atoms with Crippen molar-refractivity contribution in [2.45, 2.75) is 20.4 Å². The summed E-state index contributed by atoms with van der Waals surface area (Å²) in [6.07, 6.45) is 3.53. The van der Waals surface area contributed by atoms with Gasteiger partial charge in [-0.05, 0) is 13.8 Å². The van der Waals surface area contributed by atoms with Crippen molar-refractivity contribution in [2.24, 2.45) is 0 Å². The molecule has 0 amide bonds. The zero-order valence-electron chi connectivity index (χ0n) is 8.77. The summed E-state index contributed by atoms with van der Waals surface area (Å²) >= 11 is 1.68. The lowest BCUT2D eigenvalue weighted by atomic mass is 10.4. The number of aromatic nitrogens is 4. The van der Waals surface area contributed by atoms with E-state index < -0.39 is 0 Å². The number of hydrogen-bond acceptors (Lipinski definition) is 5. The Kier molecular flexibility index (Phi) is 2.96. The Morgan fingerprint density at radius 2 is 2.33 bits per heavy atom. The summed E-state index contributed by atoms with van der Waals surface area (Å²) in [4.78, 5) is 5.65. The van der Waals surface area contributed by atoms with E-state index in [2.05, 4.69) is 27.5 Å². The maximum atomic E-state index is 4.39. The van der Waals surface area contributed by atoms with E-state index in [0.29, 0.717) is 0 Å². The van der Waals surface area contributed by atoms with Crippen molar-refractivity contribution in [2.75, 3.05) is 11.9 Å². The molecule has 0 aliphatic heterocycles. The molecule has 15 heavy (non-hydrogen) atoms. The molecule has 6 heteroatoms. The Hall–Kier alpha value is -1.43. The topological polar surface area (TPSA) is 55.6 Å².